The first kappa shape index (κ1) is 17.2. The highest BCUT2D eigenvalue weighted by Crippen LogP contribution is 2.39. The van der Waals surface area contributed by atoms with Crippen LogP contribution in [0.1, 0.15) is 11.7 Å². The number of rotatable bonds is 7. The molecule has 1 atom stereocenters. The average Bonchev–Trinajstić information content (AvgIpc) is 2.54. The van der Waals surface area contributed by atoms with Crippen molar-refractivity contribution >= 4 is 33.4 Å². The van der Waals surface area contributed by atoms with Gasteiger partial charge in [0, 0.05) is 11.8 Å². The zero-order chi connectivity index (χ0) is 16.7. The number of hydrogen-bond donors (Lipinski definition) is 1. The third-order valence-corrected chi connectivity index (χ3v) is 5.24. The smallest absolute Gasteiger partial charge is 0.405 e. The van der Waals surface area contributed by atoms with Crippen LogP contribution in [0.4, 0.5) is 10.5 Å². The van der Waals surface area contributed by atoms with Crippen molar-refractivity contribution in [2.75, 3.05) is 5.75 Å². The summed E-state index contributed by atoms with van der Waals surface area (Å²) in [5.74, 6) is 0.420. The van der Waals surface area contributed by atoms with Crippen molar-refractivity contribution in [1.82, 2.24) is 0 Å². The van der Waals surface area contributed by atoms with Crippen molar-refractivity contribution in [1.29, 1.82) is 0 Å². The highest BCUT2D eigenvalue weighted by atomic mass is 33.1. The second-order valence-electron chi connectivity index (χ2n) is 4.43. The van der Waals surface area contributed by atoms with Crippen LogP contribution in [-0.4, -0.2) is 16.8 Å². The lowest BCUT2D eigenvalue weighted by Gasteiger charge is -2.16. The van der Waals surface area contributed by atoms with Crippen LogP contribution in [0.2, 0.25) is 0 Å². The molecule has 2 rings (SSSR count). The lowest BCUT2D eigenvalue weighted by Crippen LogP contribution is -2.18. The molecule has 0 radical (unpaired) electrons. The van der Waals surface area contributed by atoms with E-state index in [4.69, 9.17) is 10.5 Å². The first-order chi connectivity index (χ1) is 11.1. The number of amides is 1. The number of carbonyl (C=O) groups excluding carboxylic acids is 1. The van der Waals surface area contributed by atoms with E-state index < -0.39 is 17.1 Å². The number of nitrogens with zero attached hydrogens (tertiary/aromatic N) is 1. The Hall–Kier alpha value is -2.19. The van der Waals surface area contributed by atoms with E-state index in [-0.39, 0.29) is 5.69 Å². The summed E-state index contributed by atoms with van der Waals surface area (Å²) in [4.78, 5) is 22.2. The minimum Gasteiger partial charge on any atom is -0.441 e. The van der Waals surface area contributed by atoms with E-state index in [2.05, 4.69) is 0 Å². The lowest BCUT2D eigenvalue weighted by molar-refractivity contribution is -0.387. The number of ether oxygens (including phenoxy) is 1. The molecule has 0 aromatic heterocycles. The van der Waals surface area contributed by atoms with Crippen molar-refractivity contribution < 1.29 is 14.5 Å². The van der Waals surface area contributed by atoms with Gasteiger partial charge < -0.3 is 10.5 Å². The van der Waals surface area contributed by atoms with Crippen LogP contribution in [0.25, 0.3) is 0 Å². The van der Waals surface area contributed by atoms with Gasteiger partial charge in [-0.05, 0) is 11.6 Å². The van der Waals surface area contributed by atoms with Gasteiger partial charge in [-0.3, -0.25) is 10.1 Å². The minimum absolute atomic E-state index is 0.0529. The fraction of sp³-hybridized carbons (Fsp3) is 0.133. The number of nitro benzene ring substituents is 1. The molecule has 8 heteroatoms. The third kappa shape index (κ3) is 5.19. The van der Waals surface area contributed by atoms with Crippen molar-refractivity contribution in [2.45, 2.75) is 11.0 Å². The standard InChI is InChI=1S/C15H14N2O4S2/c16-15(18)21-13(11-6-2-1-3-7-11)10-22-23-14-9-5-4-8-12(14)17(19)20/h1-9,13H,10H2,(H2,16,18). The van der Waals surface area contributed by atoms with Crippen LogP contribution in [0, 0.1) is 10.1 Å². The Bertz CT molecular complexity index is 682. The highest BCUT2D eigenvalue weighted by molar-refractivity contribution is 8.76. The quantitative estimate of drug-likeness (QED) is 0.457. The van der Waals surface area contributed by atoms with Crippen LogP contribution in [0.5, 0.6) is 0 Å². The van der Waals surface area contributed by atoms with Gasteiger partial charge in [-0.1, -0.05) is 64.1 Å². The first-order valence-corrected chi connectivity index (χ1v) is 8.93. The molecule has 6 nitrogen and oxygen atoms in total. The maximum Gasteiger partial charge on any atom is 0.405 e. The number of nitro groups is 1. The fourth-order valence-corrected chi connectivity index (χ4v) is 4.16. The molecule has 0 saturated heterocycles. The van der Waals surface area contributed by atoms with Gasteiger partial charge in [0.1, 0.15) is 6.10 Å². The van der Waals surface area contributed by atoms with E-state index in [1.165, 1.54) is 27.7 Å². The van der Waals surface area contributed by atoms with Crippen LogP contribution >= 0.6 is 21.6 Å². The molecule has 0 aliphatic carbocycles. The van der Waals surface area contributed by atoms with E-state index >= 15 is 0 Å². The predicted octanol–water partition coefficient (Wildman–Crippen LogP) is 4.17. The van der Waals surface area contributed by atoms with Gasteiger partial charge in [0.15, 0.2) is 0 Å². The molecule has 0 bridgehead atoms. The number of para-hydroxylation sites is 1. The zero-order valence-corrected chi connectivity index (χ0v) is 13.6. The Balaban J connectivity index is 2.02. The van der Waals surface area contributed by atoms with E-state index in [0.717, 1.165) is 5.56 Å². The molecule has 23 heavy (non-hydrogen) atoms. The van der Waals surface area contributed by atoms with Crippen LogP contribution in [-0.2, 0) is 4.74 Å². The Morgan fingerprint density at radius 3 is 2.48 bits per heavy atom. The predicted molar refractivity (Wildman–Crippen MR) is 91.3 cm³/mol. The fourth-order valence-electron chi connectivity index (χ4n) is 1.84. The number of hydrogen-bond acceptors (Lipinski definition) is 6. The summed E-state index contributed by atoms with van der Waals surface area (Å²) in [6.45, 7) is 0. The maximum absolute atomic E-state index is 11.1. The van der Waals surface area contributed by atoms with Gasteiger partial charge in [-0.15, -0.1) is 0 Å². The summed E-state index contributed by atoms with van der Waals surface area (Å²) in [6, 6.07) is 15.7. The van der Waals surface area contributed by atoms with Gasteiger partial charge in [-0.2, -0.15) is 0 Å². The zero-order valence-electron chi connectivity index (χ0n) is 12.0. The number of benzene rings is 2. The SMILES string of the molecule is NC(=O)OC(CSSc1ccccc1[N+](=O)[O-])c1ccccc1. The molecule has 0 heterocycles. The van der Waals surface area contributed by atoms with Crippen LogP contribution in [0.15, 0.2) is 59.5 Å². The molecule has 0 aliphatic heterocycles. The molecular formula is C15H14N2O4S2. The van der Waals surface area contributed by atoms with Gasteiger partial charge in [0.2, 0.25) is 0 Å². The van der Waals surface area contributed by atoms with Crippen LogP contribution in [0.3, 0.4) is 0 Å². The molecule has 2 N–H and O–H groups in total. The van der Waals surface area contributed by atoms with E-state index in [9.17, 15) is 14.9 Å². The third-order valence-electron chi connectivity index (χ3n) is 2.86. The van der Waals surface area contributed by atoms with Crippen molar-refractivity contribution in [2.24, 2.45) is 5.73 Å². The maximum atomic E-state index is 11.1. The molecule has 0 saturated carbocycles. The van der Waals surface area contributed by atoms with E-state index in [1.807, 2.05) is 30.3 Å². The molecule has 0 spiro atoms. The lowest BCUT2D eigenvalue weighted by atomic mass is 10.1. The molecule has 0 aliphatic rings. The topological polar surface area (TPSA) is 95.5 Å². The normalized spacial score (nSPS) is 11.7. The van der Waals surface area contributed by atoms with E-state index in [1.54, 1.807) is 18.2 Å². The summed E-state index contributed by atoms with van der Waals surface area (Å²) >= 11 is 0. The molecule has 1 amide bonds. The number of carbonyl (C=O) groups is 1. The molecule has 2 aromatic carbocycles. The molecule has 1 unspecified atom stereocenters. The molecule has 120 valence electrons. The van der Waals surface area contributed by atoms with Gasteiger partial charge in [-0.25, -0.2) is 4.79 Å². The summed E-state index contributed by atoms with van der Waals surface area (Å²) in [5.41, 5.74) is 5.98. The summed E-state index contributed by atoms with van der Waals surface area (Å²) in [7, 11) is 2.63. The molecular weight excluding hydrogens is 336 g/mol. The summed E-state index contributed by atoms with van der Waals surface area (Å²) < 4.78 is 5.12. The Kier molecular flexibility index (Phi) is 6.30. The monoisotopic (exact) mass is 350 g/mol. The number of nitrogens with two attached hydrogens (primary N) is 1. The number of primary amides is 1. The molecule has 0 fully saturated rings. The van der Waals surface area contributed by atoms with Gasteiger partial charge >= 0.3 is 6.09 Å². The van der Waals surface area contributed by atoms with Gasteiger partial charge in [0.25, 0.3) is 5.69 Å². The van der Waals surface area contributed by atoms with Crippen molar-refractivity contribution in [3.63, 3.8) is 0 Å². The average molecular weight is 350 g/mol. The first-order valence-electron chi connectivity index (χ1n) is 6.62. The van der Waals surface area contributed by atoms with Crippen LogP contribution < -0.4 is 5.73 Å². The largest absolute Gasteiger partial charge is 0.441 e. The van der Waals surface area contributed by atoms with E-state index in [0.29, 0.717) is 10.6 Å². The van der Waals surface area contributed by atoms with Crippen molar-refractivity contribution in [3.8, 4) is 0 Å². The summed E-state index contributed by atoms with van der Waals surface area (Å²) in [6.07, 6.45) is -1.36. The van der Waals surface area contributed by atoms with Gasteiger partial charge in [0.05, 0.1) is 9.82 Å². The Morgan fingerprint density at radius 1 is 1.17 bits per heavy atom. The second kappa shape index (κ2) is 8.44. The summed E-state index contributed by atoms with van der Waals surface area (Å²) in [5, 5.41) is 11.0. The Labute approximate surface area is 140 Å². The Morgan fingerprint density at radius 2 is 1.83 bits per heavy atom. The minimum atomic E-state index is -0.852. The molecule has 2 aromatic rings. The van der Waals surface area contributed by atoms with Crippen molar-refractivity contribution in [3.05, 3.63) is 70.3 Å². The second-order valence-corrected chi connectivity index (χ2v) is 6.81. The highest BCUT2D eigenvalue weighted by Gasteiger charge is 2.18.